The minimum Gasteiger partial charge on any atom is -0.460 e. The first-order valence-electron chi connectivity index (χ1n) is 15.0. The molecule has 0 saturated heterocycles. The third kappa shape index (κ3) is 5.55. The van der Waals surface area contributed by atoms with Gasteiger partial charge < -0.3 is 25.2 Å². The van der Waals surface area contributed by atoms with Crippen LogP contribution in [-0.4, -0.2) is 51.0 Å². The first kappa shape index (κ1) is 29.0. The Morgan fingerprint density at radius 2 is 1.73 bits per heavy atom. The van der Waals surface area contributed by atoms with Crippen LogP contribution in [0.4, 0.5) is 0 Å². The van der Waals surface area contributed by atoms with Crippen molar-refractivity contribution in [1.82, 2.24) is 0 Å². The maximum Gasteiger partial charge on any atom is 0.338 e. The molecule has 37 heavy (non-hydrogen) atoms. The number of allylic oxidation sites excluding steroid dienone is 1. The van der Waals surface area contributed by atoms with Gasteiger partial charge in [0.05, 0.1) is 0 Å². The summed E-state index contributed by atoms with van der Waals surface area (Å²) < 4.78 is 5.52. The molecule has 212 valence electrons. The summed E-state index contributed by atoms with van der Waals surface area (Å²) in [7, 11) is 0. The first-order valence-corrected chi connectivity index (χ1v) is 15.0. The van der Waals surface area contributed by atoms with Gasteiger partial charge in [-0.2, -0.15) is 0 Å². The molecule has 0 bridgehead atoms. The molecule has 4 rings (SSSR count). The van der Waals surface area contributed by atoms with E-state index in [2.05, 4.69) is 40.7 Å². The first-order chi connectivity index (χ1) is 17.4. The van der Waals surface area contributed by atoms with E-state index in [1.165, 1.54) is 50.5 Å². The minimum absolute atomic E-state index is 0.132. The van der Waals surface area contributed by atoms with Crippen LogP contribution in [0.1, 0.15) is 105 Å². The lowest BCUT2D eigenvalue weighted by Gasteiger charge is -2.58. The normalized spacial score (nSPS) is 39.9. The van der Waals surface area contributed by atoms with Gasteiger partial charge in [0.25, 0.3) is 0 Å². The quantitative estimate of drug-likeness (QED) is 0.194. The van der Waals surface area contributed by atoms with Gasteiger partial charge in [-0.05, 0) is 91.3 Å². The third-order valence-electron chi connectivity index (χ3n) is 11.4. The third-order valence-corrected chi connectivity index (χ3v) is 11.4. The Morgan fingerprint density at radius 1 is 1.00 bits per heavy atom. The average molecular weight is 521 g/mol. The monoisotopic (exact) mass is 520 g/mol. The van der Waals surface area contributed by atoms with Gasteiger partial charge in [0.2, 0.25) is 0 Å². The van der Waals surface area contributed by atoms with Crippen LogP contribution < -0.4 is 0 Å². The number of ether oxygens (including phenoxy) is 1. The molecule has 4 N–H and O–H groups in total. The van der Waals surface area contributed by atoms with E-state index in [-0.39, 0.29) is 11.5 Å². The molecule has 4 aliphatic carbocycles. The van der Waals surface area contributed by atoms with E-state index < -0.39 is 24.5 Å². The Kier molecular flexibility index (Phi) is 8.85. The molecule has 0 amide bonds. The summed E-state index contributed by atoms with van der Waals surface area (Å²) in [6.07, 6.45) is 8.85. The molecule has 4 aliphatic rings. The van der Waals surface area contributed by atoms with E-state index >= 15 is 0 Å². The molecule has 0 aromatic heterocycles. The summed E-state index contributed by atoms with van der Waals surface area (Å²) in [6.45, 7) is 12.2. The van der Waals surface area contributed by atoms with Crippen LogP contribution in [0.5, 0.6) is 0 Å². The zero-order valence-electron chi connectivity index (χ0n) is 23.7. The van der Waals surface area contributed by atoms with Crippen molar-refractivity contribution < 1.29 is 30.0 Å². The van der Waals surface area contributed by atoms with Crippen molar-refractivity contribution >= 4 is 5.97 Å². The summed E-state index contributed by atoms with van der Waals surface area (Å²) in [5.41, 5.74) is 1.98. The second-order valence-electron chi connectivity index (χ2n) is 13.9. The second kappa shape index (κ2) is 11.3. The standard InChI is InChI=1S/C31H52O6/c1-18(2)7-6-8-19(3)23-11-12-24-22-10-9-20-17-21(37-29(36)27(33)26(32)28(34)35)13-15-30(20,4)25(22)14-16-31(23,24)5/h9,18-19,21-28,32-35H,6-8,10-17H2,1-5H3. The summed E-state index contributed by atoms with van der Waals surface area (Å²) >= 11 is 0. The molecule has 3 fully saturated rings. The average Bonchev–Trinajstić information content (AvgIpc) is 3.20. The number of carbonyl (C=O) groups is 1. The predicted molar refractivity (Wildman–Crippen MR) is 143 cm³/mol. The molecule has 10 unspecified atom stereocenters. The van der Waals surface area contributed by atoms with E-state index in [0.29, 0.717) is 17.8 Å². The van der Waals surface area contributed by atoms with Crippen molar-refractivity contribution in [3.63, 3.8) is 0 Å². The molecule has 3 saturated carbocycles. The number of aliphatic hydroxyl groups is 4. The zero-order chi connectivity index (χ0) is 27.1. The van der Waals surface area contributed by atoms with Gasteiger partial charge in [-0.1, -0.05) is 65.5 Å². The Bertz CT molecular complexity index is 838. The van der Waals surface area contributed by atoms with E-state index in [1.807, 2.05) is 0 Å². The number of hydrogen-bond donors (Lipinski definition) is 4. The number of esters is 1. The zero-order valence-corrected chi connectivity index (χ0v) is 23.7. The second-order valence-corrected chi connectivity index (χ2v) is 13.9. The van der Waals surface area contributed by atoms with Crippen molar-refractivity contribution in [2.75, 3.05) is 0 Å². The molecule has 0 heterocycles. The van der Waals surface area contributed by atoms with Crippen LogP contribution >= 0.6 is 0 Å². The number of hydrogen-bond acceptors (Lipinski definition) is 6. The predicted octanol–water partition coefficient (Wildman–Crippen LogP) is 4.97. The Labute approximate surface area is 223 Å². The minimum atomic E-state index is -2.19. The molecule has 0 radical (unpaired) electrons. The Balaban J connectivity index is 1.41. The SMILES string of the molecule is CC(C)CCCC(C)C1CCC2C3CC=C4CC(OC(=O)C(O)C(O)C(O)O)CCC4(C)C3CCC12C. The molecular weight excluding hydrogens is 468 g/mol. The van der Waals surface area contributed by atoms with Gasteiger partial charge in [0, 0.05) is 6.42 Å². The van der Waals surface area contributed by atoms with Crippen LogP contribution in [0.3, 0.4) is 0 Å². The van der Waals surface area contributed by atoms with Crippen LogP contribution in [0.15, 0.2) is 11.6 Å². The molecule has 6 nitrogen and oxygen atoms in total. The molecule has 0 aromatic carbocycles. The highest BCUT2D eigenvalue weighted by Gasteiger charge is 2.59. The van der Waals surface area contributed by atoms with E-state index in [0.717, 1.165) is 48.9 Å². The molecule has 6 heteroatoms. The van der Waals surface area contributed by atoms with Gasteiger partial charge in [-0.25, -0.2) is 4.79 Å². The maximum atomic E-state index is 12.3. The highest BCUT2D eigenvalue weighted by Crippen LogP contribution is 2.67. The smallest absolute Gasteiger partial charge is 0.338 e. The topological polar surface area (TPSA) is 107 Å². The number of fused-ring (bicyclic) bond motifs is 5. The highest BCUT2D eigenvalue weighted by molar-refractivity contribution is 5.75. The molecular formula is C31H52O6. The lowest BCUT2D eigenvalue weighted by molar-refractivity contribution is -0.189. The van der Waals surface area contributed by atoms with Gasteiger partial charge in [-0.15, -0.1) is 0 Å². The van der Waals surface area contributed by atoms with Crippen molar-refractivity contribution in [1.29, 1.82) is 0 Å². The van der Waals surface area contributed by atoms with Crippen molar-refractivity contribution in [3.05, 3.63) is 11.6 Å². The fraction of sp³-hybridized carbons (Fsp3) is 0.903. The molecule has 0 aromatic rings. The van der Waals surface area contributed by atoms with Crippen LogP contribution in [0.25, 0.3) is 0 Å². The number of carbonyl (C=O) groups excluding carboxylic acids is 1. The van der Waals surface area contributed by atoms with E-state index in [4.69, 9.17) is 14.9 Å². The fourth-order valence-corrected chi connectivity index (χ4v) is 9.29. The van der Waals surface area contributed by atoms with Crippen LogP contribution in [0.2, 0.25) is 0 Å². The van der Waals surface area contributed by atoms with Crippen molar-refractivity contribution in [2.24, 2.45) is 46.3 Å². The van der Waals surface area contributed by atoms with E-state index in [9.17, 15) is 15.0 Å². The Morgan fingerprint density at radius 3 is 2.41 bits per heavy atom. The number of aliphatic hydroxyl groups excluding tert-OH is 3. The lowest BCUT2D eigenvalue weighted by atomic mass is 9.47. The van der Waals surface area contributed by atoms with Crippen LogP contribution in [0, 0.1) is 46.3 Å². The summed E-state index contributed by atoms with van der Waals surface area (Å²) in [5.74, 6) is 3.67. The maximum absolute atomic E-state index is 12.3. The van der Waals surface area contributed by atoms with Gasteiger partial charge >= 0.3 is 5.97 Å². The molecule has 10 atom stereocenters. The fourth-order valence-electron chi connectivity index (χ4n) is 9.29. The molecule has 0 aliphatic heterocycles. The summed E-state index contributed by atoms with van der Waals surface area (Å²) in [6, 6.07) is 0. The highest BCUT2D eigenvalue weighted by atomic mass is 16.6. The molecule has 0 spiro atoms. The van der Waals surface area contributed by atoms with E-state index in [1.54, 1.807) is 0 Å². The van der Waals surface area contributed by atoms with Gasteiger partial charge in [-0.3, -0.25) is 0 Å². The van der Waals surface area contributed by atoms with Gasteiger partial charge in [0.1, 0.15) is 12.2 Å². The van der Waals surface area contributed by atoms with Gasteiger partial charge in [0.15, 0.2) is 12.4 Å². The summed E-state index contributed by atoms with van der Waals surface area (Å²) in [4.78, 5) is 12.3. The largest absolute Gasteiger partial charge is 0.460 e. The lowest BCUT2D eigenvalue weighted by Crippen LogP contribution is -2.51. The number of rotatable bonds is 9. The van der Waals surface area contributed by atoms with Crippen molar-refractivity contribution in [2.45, 2.75) is 130 Å². The Hall–Kier alpha value is -0.950. The van der Waals surface area contributed by atoms with Crippen LogP contribution in [-0.2, 0) is 9.53 Å². The summed E-state index contributed by atoms with van der Waals surface area (Å²) in [5, 5.41) is 37.6. The van der Waals surface area contributed by atoms with Crippen molar-refractivity contribution in [3.8, 4) is 0 Å².